The summed E-state index contributed by atoms with van der Waals surface area (Å²) in [6.45, 7) is 1.77. The average Bonchev–Trinajstić information content (AvgIpc) is 2.42. The molecule has 0 spiro atoms. The second-order valence-corrected chi connectivity index (χ2v) is 4.50. The highest BCUT2D eigenvalue weighted by Crippen LogP contribution is 2.24. The number of rotatable bonds is 3. The maximum Gasteiger partial charge on any atom is 0.259 e. The summed E-state index contributed by atoms with van der Waals surface area (Å²) in [5.74, 6) is 4.38. The van der Waals surface area contributed by atoms with Crippen LogP contribution in [0.25, 0.3) is 0 Å². The molecule has 20 heavy (non-hydrogen) atoms. The maximum atomic E-state index is 13.1. The number of hydrazine groups is 1. The van der Waals surface area contributed by atoms with E-state index in [1.807, 2.05) is 0 Å². The number of nitrogens with zero attached hydrogens (tertiary/aromatic N) is 1. The number of benzene rings is 1. The lowest BCUT2D eigenvalue weighted by Crippen LogP contribution is -2.18. The first kappa shape index (κ1) is 14.2. The van der Waals surface area contributed by atoms with Gasteiger partial charge in [0.2, 0.25) is 0 Å². The lowest BCUT2D eigenvalue weighted by atomic mass is 10.2. The number of anilines is 2. The highest BCUT2D eigenvalue weighted by Gasteiger charge is 2.14. The molecule has 5 nitrogen and oxygen atoms in total. The van der Waals surface area contributed by atoms with Gasteiger partial charge in [-0.2, -0.15) is 0 Å². The predicted molar refractivity (Wildman–Crippen MR) is 76.1 cm³/mol. The van der Waals surface area contributed by atoms with Crippen LogP contribution >= 0.6 is 11.6 Å². The van der Waals surface area contributed by atoms with Gasteiger partial charge in [-0.15, -0.1) is 0 Å². The summed E-state index contributed by atoms with van der Waals surface area (Å²) in [5, 5.41) is 2.75. The zero-order valence-electron chi connectivity index (χ0n) is 10.6. The van der Waals surface area contributed by atoms with E-state index in [0.717, 1.165) is 6.07 Å². The fourth-order valence-electron chi connectivity index (χ4n) is 1.64. The van der Waals surface area contributed by atoms with Crippen molar-refractivity contribution in [3.63, 3.8) is 0 Å². The number of pyridine rings is 1. The number of nitrogens with one attached hydrogen (secondary N) is 2. The SMILES string of the molecule is Cc1cc(NN)c(C(=O)Nc2cc(F)ccc2Cl)cn1. The Bertz CT molecular complexity index is 663. The summed E-state index contributed by atoms with van der Waals surface area (Å²) >= 11 is 5.89. The molecule has 0 radical (unpaired) electrons. The Balaban J connectivity index is 2.30. The largest absolute Gasteiger partial charge is 0.323 e. The van der Waals surface area contributed by atoms with Crippen LogP contribution in [-0.4, -0.2) is 10.9 Å². The first-order chi connectivity index (χ1) is 9.51. The first-order valence-electron chi connectivity index (χ1n) is 5.71. The minimum atomic E-state index is -0.496. The minimum Gasteiger partial charge on any atom is -0.323 e. The minimum absolute atomic E-state index is 0.181. The smallest absolute Gasteiger partial charge is 0.259 e. The zero-order chi connectivity index (χ0) is 14.7. The van der Waals surface area contributed by atoms with Crippen molar-refractivity contribution in [2.24, 2.45) is 5.84 Å². The van der Waals surface area contributed by atoms with Crippen molar-refractivity contribution in [2.75, 3.05) is 10.7 Å². The van der Waals surface area contributed by atoms with E-state index in [9.17, 15) is 9.18 Å². The number of hydrogen-bond acceptors (Lipinski definition) is 4. The molecule has 0 aliphatic heterocycles. The summed E-state index contributed by atoms with van der Waals surface area (Å²) in [5.41, 5.74) is 3.96. The molecule has 2 aromatic rings. The van der Waals surface area contributed by atoms with Gasteiger partial charge in [0.1, 0.15) is 5.82 Å². The number of halogens is 2. The Morgan fingerprint density at radius 3 is 2.80 bits per heavy atom. The highest BCUT2D eigenvalue weighted by molar-refractivity contribution is 6.34. The topological polar surface area (TPSA) is 80.0 Å². The van der Waals surface area contributed by atoms with Gasteiger partial charge in [-0.25, -0.2) is 4.39 Å². The summed E-state index contributed by atoms with van der Waals surface area (Å²) in [7, 11) is 0. The lowest BCUT2D eigenvalue weighted by Gasteiger charge is -2.11. The van der Waals surface area contributed by atoms with Crippen molar-refractivity contribution >= 4 is 28.9 Å². The van der Waals surface area contributed by atoms with E-state index in [0.29, 0.717) is 11.4 Å². The van der Waals surface area contributed by atoms with E-state index >= 15 is 0 Å². The second-order valence-electron chi connectivity index (χ2n) is 4.09. The molecule has 0 saturated carbocycles. The third-order valence-corrected chi connectivity index (χ3v) is 2.95. The molecule has 0 bridgehead atoms. The van der Waals surface area contributed by atoms with E-state index in [2.05, 4.69) is 15.7 Å². The molecule has 104 valence electrons. The van der Waals surface area contributed by atoms with Crippen molar-refractivity contribution < 1.29 is 9.18 Å². The molecule has 2 rings (SSSR count). The van der Waals surface area contributed by atoms with Crippen LogP contribution in [0.3, 0.4) is 0 Å². The summed E-state index contributed by atoms with van der Waals surface area (Å²) in [6, 6.07) is 5.33. The van der Waals surface area contributed by atoms with Crippen molar-refractivity contribution in [1.29, 1.82) is 0 Å². The first-order valence-corrected chi connectivity index (χ1v) is 6.08. The lowest BCUT2D eigenvalue weighted by molar-refractivity contribution is 0.102. The van der Waals surface area contributed by atoms with E-state index < -0.39 is 11.7 Å². The number of aromatic nitrogens is 1. The van der Waals surface area contributed by atoms with Gasteiger partial charge >= 0.3 is 0 Å². The van der Waals surface area contributed by atoms with Crippen LogP contribution < -0.4 is 16.6 Å². The Morgan fingerprint density at radius 2 is 2.10 bits per heavy atom. The third kappa shape index (κ3) is 3.04. The van der Waals surface area contributed by atoms with Gasteiger partial charge in [0.25, 0.3) is 5.91 Å². The average molecular weight is 295 g/mol. The van der Waals surface area contributed by atoms with Crippen LogP contribution in [0.2, 0.25) is 5.02 Å². The molecule has 4 N–H and O–H groups in total. The Kier molecular flexibility index (Phi) is 4.16. The molecule has 7 heteroatoms. The van der Waals surface area contributed by atoms with Crippen LogP contribution in [0.1, 0.15) is 16.1 Å². The van der Waals surface area contributed by atoms with Crippen LogP contribution in [0.15, 0.2) is 30.5 Å². The summed E-state index contributed by atoms with van der Waals surface area (Å²) in [6.07, 6.45) is 1.38. The molecule has 0 fully saturated rings. The molecule has 0 atom stereocenters. The van der Waals surface area contributed by atoms with Crippen LogP contribution in [0.5, 0.6) is 0 Å². The number of aryl methyl sites for hydroxylation is 1. The molecule has 1 amide bonds. The van der Waals surface area contributed by atoms with Crippen LogP contribution in [-0.2, 0) is 0 Å². The molecule has 0 aliphatic carbocycles. The second kappa shape index (κ2) is 5.85. The number of hydrogen-bond donors (Lipinski definition) is 3. The third-order valence-electron chi connectivity index (χ3n) is 2.62. The maximum absolute atomic E-state index is 13.1. The predicted octanol–water partition coefficient (Wildman–Crippen LogP) is 2.72. The molecule has 1 aromatic heterocycles. The van der Waals surface area contributed by atoms with Gasteiger partial charge in [-0.1, -0.05) is 11.6 Å². The van der Waals surface area contributed by atoms with Gasteiger partial charge in [-0.05, 0) is 31.2 Å². The Morgan fingerprint density at radius 1 is 1.35 bits per heavy atom. The number of nitrogen functional groups attached to an aromatic ring is 1. The van der Waals surface area contributed by atoms with E-state index in [1.165, 1.54) is 18.3 Å². The summed E-state index contributed by atoms with van der Waals surface area (Å²) < 4.78 is 13.1. The number of carbonyl (C=O) groups excluding carboxylic acids is 1. The molecule has 0 aliphatic rings. The standard InChI is InChI=1S/C13H12ClFN4O/c1-7-4-11(19-16)9(6-17-7)13(20)18-12-5-8(15)2-3-10(12)14/h2-6H,16H2,1H3,(H,17,19)(H,18,20). The van der Waals surface area contributed by atoms with E-state index in [-0.39, 0.29) is 16.3 Å². The van der Waals surface area contributed by atoms with Gasteiger partial charge in [-0.3, -0.25) is 15.6 Å². The fourth-order valence-corrected chi connectivity index (χ4v) is 1.81. The molecule has 1 aromatic carbocycles. The fraction of sp³-hybridized carbons (Fsp3) is 0.0769. The molecular formula is C13H12ClFN4O. The van der Waals surface area contributed by atoms with Gasteiger partial charge in [0.15, 0.2) is 0 Å². The quantitative estimate of drug-likeness (QED) is 0.600. The van der Waals surface area contributed by atoms with E-state index in [1.54, 1.807) is 13.0 Å². The van der Waals surface area contributed by atoms with Gasteiger partial charge in [0.05, 0.1) is 22.0 Å². The van der Waals surface area contributed by atoms with Gasteiger partial charge < -0.3 is 10.7 Å². The zero-order valence-corrected chi connectivity index (χ0v) is 11.3. The molecular weight excluding hydrogens is 283 g/mol. The number of carbonyl (C=O) groups is 1. The molecule has 0 unspecified atom stereocenters. The Hall–Kier alpha value is -2.18. The van der Waals surface area contributed by atoms with E-state index in [4.69, 9.17) is 17.4 Å². The normalized spacial score (nSPS) is 10.2. The van der Waals surface area contributed by atoms with Crippen molar-refractivity contribution in [3.8, 4) is 0 Å². The monoisotopic (exact) mass is 294 g/mol. The Labute approximate surface area is 119 Å². The van der Waals surface area contributed by atoms with Crippen LogP contribution in [0, 0.1) is 12.7 Å². The highest BCUT2D eigenvalue weighted by atomic mass is 35.5. The number of amides is 1. The van der Waals surface area contributed by atoms with Crippen molar-refractivity contribution in [2.45, 2.75) is 6.92 Å². The molecule has 1 heterocycles. The van der Waals surface area contributed by atoms with Crippen molar-refractivity contribution in [1.82, 2.24) is 4.98 Å². The number of nitrogens with two attached hydrogens (primary N) is 1. The summed E-state index contributed by atoms with van der Waals surface area (Å²) in [4.78, 5) is 16.2. The van der Waals surface area contributed by atoms with Crippen LogP contribution in [0.4, 0.5) is 15.8 Å². The molecule has 0 saturated heterocycles. The van der Waals surface area contributed by atoms with Crippen molar-refractivity contribution in [3.05, 3.63) is 52.6 Å². The van der Waals surface area contributed by atoms with Gasteiger partial charge in [0, 0.05) is 11.9 Å².